The highest BCUT2D eigenvalue weighted by Gasteiger charge is 2.36. The first-order valence-corrected chi connectivity index (χ1v) is 5.38. The van der Waals surface area contributed by atoms with Crippen molar-refractivity contribution in [2.24, 2.45) is 5.41 Å². The minimum absolute atomic E-state index is 0.325. The van der Waals surface area contributed by atoms with E-state index in [4.69, 9.17) is 9.47 Å². The molecule has 0 rings (SSSR count). The van der Waals surface area contributed by atoms with Crippen molar-refractivity contribution in [3.63, 3.8) is 0 Å². The van der Waals surface area contributed by atoms with Crippen LogP contribution in [0.3, 0.4) is 0 Å². The molecule has 0 heterocycles. The van der Waals surface area contributed by atoms with Crippen LogP contribution in [0, 0.1) is 5.41 Å². The van der Waals surface area contributed by atoms with E-state index >= 15 is 0 Å². The van der Waals surface area contributed by atoms with Crippen molar-refractivity contribution in [3.8, 4) is 0 Å². The molecule has 0 aliphatic carbocycles. The first kappa shape index (κ1) is 16.1. The Kier molecular flexibility index (Phi) is 7.03. The lowest BCUT2D eigenvalue weighted by molar-refractivity contribution is -0.196. The molecule has 100 valence electrons. The summed E-state index contributed by atoms with van der Waals surface area (Å²) in [5.41, 5.74) is -0.579. The van der Waals surface area contributed by atoms with Crippen molar-refractivity contribution in [3.05, 3.63) is 12.2 Å². The SMILES string of the molecule is COC(=O)/C=C/CC(O)C(C)(C)C(OC)OC. The highest BCUT2D eigenvalue weighted by Crippen LogP contribution is 2.30. The monoisotopic (exact) mass is 246 g/mol. The van der Waals surface area contributed by atoms with Crippen LogP contribution in [0.15, 0.2) is 12.2 Å². The van der Waals surface area contributed by atoms with E-state index in [1.54, 1.807) is 6.08 Å². The fourth-order valence-corrected chi connectivity index (χ4v) is 1.53. The maximum Gasteiger partial charge on any atom is 0.330 e. The largest absolute Gasteiger partial charge is 0.466 e. The number of hydrogen-bond donors (Lipinski definition) is 1. The predicted molar refractivity (Wildman–Crippen MR) is 63.4 cm³/mol. The molecule has 0 fully saturated rings. The Labute approximate surface area is 102 Å². The van der Waals surface area contributed by atoms with Crippen molar-refractivity contribution < 1.29 is 24.1 Å². The number of ether oxygens (including phenoxy) is 3. The third-order valence-corrected chi connectivity index (χ3v) is 2.71. The van der Waals surface area contributed by atoms with Gasteiger partial charge in [0.05, 0.1) is 13.2 Å². The number of aliphatic hydroxyl groups excluding tert-OH is 1. The number of methoxy groups -OCH3 is 3. The summed E-state index contributed by atoms with van der Waals surface area (Å²) in [6, 6.07) is 0. The Bertz CT molecular complexity index is 256. The van der Waals surface area contributed by atoms with Gasteiger partial charge < -0.3 is 19.3 Å². The average Bonchev–Trinajstić information content (AvgIpc) is 2.29. The third-order valence-electron chi connectivity index (χ3n) is 2.71. The number of rotatable bonds is 7. The Morgan fingerprint density at radius 1 is 1.29 bits per heavy atom. The standard InChI is InChI=1S/C12H22O5/c1-12(2,11(16-4)17-5)9(13)7-6-8-10(14)15-3/h6,8-9,11,13H,7H2,1-5H3/b8-6+. The molecule has 0 saturated heterocycles. The molecule has 1 atom stereocenters. The second-order valence-corrected chi connectivity index (χ2v) is 4.30. The van der Waals surface area contributed by atoms with Crippen LogP contribution in [0.1, 0.15) is 20.3 Å². The lowest BCUT2D eigenvalue weighted by atomic mass is 9.84. The maximum atomic E-state index is 10.8. The summed E-state index contributed by atoms with van der Waals surface area (Å²) in [7, 11) is 4.35. The molecule has 5 nitrogen and oxygen atoms in total. The van der Waals surface area contributed by atoms with Crippen LogP contribution in [0.4, 0.5) is 0 Å². The molecule has 0 radical (unpaired) electrons. The number of esters is 1. The van der Waals surface area contributed by atoms with Crippen LogP contribution < -0.4 is 0 Å². The van der Waals surface area contributed by atoms with E-state index in [1.165, 1.54) is 27.4 Å². The van der Waals surface area contributed by atoms with E-state index in [2.05, 4.69) is 4.74 Å². The molecule has 1 unspecified atom stereocenters. The second kappa shape index (κ2) is 7.42. The van der Waals surface area contributed by atoms with Crippen LogP contribution >= 0.6 is 0 Å². The lowest BCUT2D eigenvalue weighted by Gasteiger charge is -2.35. The molecule has 5 heteroatoms. The molecular weight excluding hydrogens is 224 g/mol. The van der Waals surface area contributed by atoms with E-state index in [9.17, 15) is 9.90 Å². The Morgan fingerprint density at radius 3 is 2.24 bits per heavy atom. The van der Waals surface area contributed by atoms with Gasteiger partial charge in [0.1, 0.15) is 0 Å². The van der Waals surface area contributed by atoms with E-state index in [-0.39, 0.29) is 0 Å². The molecule has 0 spiro atoms. The quantitative estimate of drug-likeness (QED) is 0.414. The van der Waals surface area contributed by atoms with Gasteiger partial charge in [-0.1, -0.05) is 19.9 Å². The van der Waals surface area contributed by atoms with Gasteiger partial charge in [-0.15, -0.1) is 0 Å². The molecule has 0 aromatic rings. The van der Waals surface area contributed by atoms with Gasteiger partial charge in [0.15, 0.2) is 6.29 Å². The summed E-state index contributed by atoms with van der Waals surface area (Å²) >= 11 is 0. The zero-order valence-electron chi connectivity index (χ0n) is 11.1. The number of carbonyl (C=O) groups is 1. The molecule has 0 bridgehead atoms. The van der Waals surface area contributed by atoms with Crippen molar-refractivity contribution >= 4 is 5.97 Å². The number of aliphatic hydroxyl groups is 1. The van der Waals surface area contributed by atoms with E-state index in [0.717, 1.165) is 0 Å². The van der Waals surface area contributed by atoms with Gasteiger partial charge in [-0.2, -0.15) is 0 Å². The van der Waals surface area contributed by atoms with Crippen molar-refractivity contribution in [1.82, 2.24) is 0 Å². The Balaban J connectivity index is 4.42. The fraction of sp³-hybridized carbons (Fsp3) is 0.750. The first-order chi connectivity index (χ1) is 7.89. The second-order valence-electron chi connectivity index (χ2n) is 4.30. The zero-order chi connectivity index (χ0) is 13.5. The predicted octanol–water partition coefficient (Wildman–Crippen LogP) is 1.11. The van der Waals surface area contributed by atoms with Gasteiger partial charge in [0.25, 0.3) is 0 Å². The summed E-state index contributed by atoms with van der Waals surface area (Å²) < 4.78 is 14.7. The molecule has 17 heavy (non-hydrogen) atoms. The van der Waals surface area contributed by atoms with E-state index < -0.39 is 23.8 Å². The number of carbonyl (C=O) groups excluding carboxylic acids is 1. The van der Waals surface area contributed by atoms with E-state index in [1.807, 2.05) is 13.8 Å². The first-order valence-electron chi connectivity index (χ1n) is 5.38. The molecule has 0 aliphatic heterocycles. The summed E-state index contributed by atoms with van der Waals surface area (Å²) in [6.07, 6.45) is 1.98. The fourth-order valence-electron chi connectivity index (χ4n) is 1.53. The van der Waals surface area contributed by atoms with Crippen LogP contribution in [0.25, 0.3) is 0 Å². The minimum Gasteiger partial charge on any atom is -0.466 e. The van der Waals surface area contributed by atoms with Crippen LogP contribution in [-0.2, 0) is 19.0 Å². The summed E-state index contributed by atoms with van der Waals surface area (Å²) in [4.78, 5) is 10.8. The van der Waals surface area contributed by atoms with Crippen LogP contribution in [0.2, 0.25) is 0 Å². The lowest BCUT2D eigenvalue weighted by Crippen LogP contribution is -2.42. The van der Waals surface area contributed by atoms with Crippen LogP contribution in [0.5, 0.6) is 0 Å². The smallest absolute Gasteiger partial charge is 0.330 e. The van der Waals surface area contributed by atoms with Crippen molar-refractivity contribution in [2.75, 3.05) is 21.3 Å². The molecule has 0 aliphatic rings. The molecule has 0 aromatic heterocycles. The van der Waals surface area contributed by atoms with Gasteiger partial charge in [-0.3, -0.25) is 0 Å². The molecule has 0 aromatic carbocycles. The maximum absolute atomic E-state index is 10.8. The van der Waals surface area contributed by atoms with Gasteiger partial charge in [-0.05, 0) is 6.42 Å². The van der Waals surface area contributed by atoms with Gasteiger partial charge in [0.2, 0.25) is 0 Å². The van der Waals surface area contributed by atoms with E-state index in [0.29, 0.717) is 6.42 Å². The molecule has 1 N–H and O–H groups in total. The Morgan fingerprint density at radius 2 is 1.82 bits per heavy atom. The van der Waals surface area contributed by atoms with Crippen molar-refractivity contribution in [2.45, 2.75) is 32.7 Å². The minimum atomic E-state index is -0.687. The normalized spacial score (nSPS) is 14.3. The topological polar surface area (TPSA) is 65.0 Å². The molecule has 0 amide bonds. The Hall–Kier alpha value is -0.910. The highest BCUT2D eigenvalue weighted by molar-refractivity contribution is 5.81. The van der Waals surface area contributed by atoms with Crippen molar-refractivity contribution in [1.29, 1.82) is 0 Å². The summed E-state index contributed by atoms with van der Waals surface area (Å²) in [6.45, 7) is 3.67. The average molecular weight is 246 g/mol. The summed E-state index contributed by atoms with van der Waals surface area (Å²) in [5, 5.41) is 10.0. The van der Waals surface area contributed by atoms with Crippen LogP contribution in [-0.4, -0.2) is 44.8 Å². The van der Waals surface area contributed by atoms with Gasteiger partial charge in [0, 0.05) is 25.7 Å². The number of hydrogen-bond acceptors (Lipinski definition) is 5. The highest BCUT2D eigenvalue weighted by atomic mass is 16.7. The zero-order valence-corrected chi connectivity index (χ0v) is 11.1. The van der Waals surface area contributed by atoms with Gasteiger partial charge in [-0.25, -0.2) is 4.79 Å². The summed E-state index contributed by atoms with van der Waals surface area (Å²) in [5.74, 6) is -0.440. The molecule has 0 saturated carbocycles. The third kappa shape index (κ3) is 4.85. The van der Waals surface area contributed by atoms with Gasteiger partial charge >= 0.3 is 5.97 Å². The molecular formula is C12H22O5.